The number of hydrogen-bond acceptors (Lipinski definition) is 3. The summed E-state index contributed by atoms with van der Waals surface area (Å²) in [4.78, 5) is 11.8. The monoisotopic (exact) mass is 353 g/mol. The van der Waals surface area contributed by atoms with Gasteiger partial charge in [-0.25, -0.2) is 4.39 Å². The smallest absolute Gasteiger partial charge is 0.306 e. The second-order valence-electron chi connectivity index (χ2n) is 6.65. The molecular weight excluding hydrogens is 329 g/mol. The van der Waals surface area contributed by atoms with E-state index in [0.717, 1.165) is 22.3 Å². The van der Waals surface area contributed by atoms with Crippen LogP contribution in [0.2, 0.25) is 0 Å². The predicted molar refractivity (Wildman–Crippen MR) is 100 cm³/mol. The van der Waals surface area contributed by atoms with E-state index < -0.39 is 0 Å². The maximum absolute atomic E-state index is 14.7. The summed E-state index contributed by atoms with van der Waals surface area (Å²) >= 11 is 0. The Balaban J connectivity index is 2.58. The first-order chi connectivity index (χ1) is 12.3. The first-order valence-electron chi connectivity index (χ1n) is 8.76. The standard InChI is InChI=1S/C22H24FNO2/c1-6-26-20(25)10-14(3)19-11-18(9-15(4)22(19)23)21-16(5)13(2)7-8-17(21)12-24/h7-9,11,14H,6,10H2,1-5H3/t14-/m0/s1. The van der Waals surface area contributed by atoms with E-state index in [4.69, 9.17) is 4.74 Å². The van der Waals surface area contributed by atoms with Gasteiger partial charge in [0.05, 0.1) is 24.7 Å². The lowest BCUT2D eigenvalue weighted by atomic mass is 9.87. The van der Waals surface area contributed by atoms with E-state index in [1.807, 2.05) is 26.8 Å². The van der Waals surface area contributed by atoms with Crippen molar-refractivity contribution in [1.82, 2.24) is 0 Å². The summed E-state index contributed by atoms with van der Waals surface area (Å²) in [7, 11) is 0. The van der Waals surface area contributed by atoms with Gasteiger partial charge < -0.3 is 4.74 Å². The molecule has 0 spiro atoms. The molecule has 0 aliphatic carbocycles. The van der Waals surface area contributed by atoms with E-state index in [9.17, 15) is 14.4 Å². The molecule has 0 aliphatic rings. The zero-order valence-corrected chi connectivity index (χ0v) is 15.9. The minimum Gasteiger partial charge on any atom is -0.466 e. The fourth-order valence-corrected chi connectivity index (χ4v) is 3.16. The van der Waals surface area contributed by atoms with Gasteiger partial charge in [-0.1, -0.05) is 13.0 Å². The number of benzene rings is 2. The van der Waals surface area contributed by atoms with E-state index >= 15 is 0 Å². The van der Waals surface area contributed by atoms with Gasteiger partial charge in [-0.2, -0.15) is 5.26 Å². The zero-order chi connectivity index (χ0) is 19.4. The molecule has 0 aliphatic heterocycles. The summed E-state index contributed by atoms with van der Waals surface area (Å²) in [6, 6.07) is 9.45. The van der Waals surface area contributed by atoms with Crippen molar-refractivity contribution >= 4 is 5.97 Å². The van der Waals surface area contributed by atoms with Crippen LogP contribution >= 0.6 is 0 Å². The molecule has 0 aromatic heterocycles. The summed E-state index contributed by atoms with van der Waals surface area (Å²) in [6.07, 6.45) is 0.117. The number of halogens is 1. The van der Waals surface area contributed by atoms with E-state index in [0.29, 0.717) is 23.3 Å². The van der Waals surface area contributed by atoms with E-state index in [1.54, 1.807) is 32.0 Å². The maximum atomic E-state index is 14.7. The molecule has 0 unspecified atom stereocenters. The SMILES string of the molecule is CCOC(=O)C[C@H](C)c1cc(-c2c(C#N)ccc(C)c2C)cc(C)c1F. The fourth-order valence-electron chi connectivity index (χ4n) is 3.16. The first kappa shape index (κ1) is 19.7. The number of ether oxygens (including phenoxy) is 1. The second-order valence-corrected chi connectivity index (χ2v) is 6.65. The molecule has 0 saturated carbocycles. The van der Waals surface area contributed by atoms with Gasteiger partial charge in [-0.3, -0.25) is 4.79 Å². The average molecular weight is 353 g/mol. The Labute approximate surface area is 154 Å². The molecule has 0 heterocycles. The van der Waals surface area contributed by atoms with Crippen LogP contribution in [0.5, 0.6) is 0 Å². The number of esters is 1. The van der Waals surface area contributed by atoms with E-state index in [2.05, 4.69) is 6.07 Å². The Morgan fingerprint density at radius 3 is 2.54 bits per heavy atom. The van der Waals surface area contributed by atoms with Crippen LogP contribution in [-0.4, -0.2) is 12.6 Å². The van der Waals surface area contributed by atoms with Crippen molar-refractivity contribution in [1.29, 1.82) is 5.26 Å². The van der Waals surface area contributed by atoms with Gasteiger partial charge in [0.25, 0.3) is 0 Å². The van der Waals surface area contributed by atoms with Crippen LogP contribution < -0.4 is 0 Å². The highest BCUT2D eigenvalue weighted by molar-refractivity contribution is 5.76. The van der Waals surface area contributed by atoms with Crippen molar-refractivity contribution < 1.29 is 13.9 Å². The topological polar surface area (TPSA) is 50.1 Å². The third-order valence-electron chi connectivity index (χ3n) is 4.74. The maximum Gasteiger partial charge on any atom is 0.306 e. The lowest BCUT2D eigenvalue weighted by molar-refractivity contribution is -0.143. The third-order valence-corrected chi connectivity index (χ3v) is 4.74. The van der Waals surface area contributed by atoms with Crippen LogP contribution in [0.3, 0.4) is 0 Å². The molecule has 0 amide bonds. The van der Waals surface area contributed by atoms with Crippen LogP contribution in [0.15, 0.2) is 24.3 Å². The van der Waals surface area contributed by atoms with E-state index in [1.165, 1.54) is 0 Å². The van der Waals surface area contributed by atoms with Crippen LogP contribution in [0.25, 0.3) is 11.1 Å². The highest BCUT2D eigenvalue weighted by Crippen LogP contribution is 2.34. The molecule has 1 atom stereocenters. The van der Waals surface area contributed by atoms with Crippen LogP contribution in [-0.2, 0) is 9.53 Å². The van der Waals surface area contributed by atoms with E-state index in [-0.39, 0.29) is 24.1 Å². The van der Waals surface area contributed by atoms with Crippen molar-refractivity contribution in [2.75, 3.05) is 6.61 Å². The van der Waals surface area contributed by atoms with Crippen molar-refractivity contribution in [3.05, 3.63) is 57.9 Å². The normalized spacial score (nSPS) is 11.7. The van der Waals surface area contributed by atoms with Crippen molar-refractivity contribution in [2.24, 2.45) is 0 Å². The summed E-state index contributed by atoms with van der Waals surface area (Å²) in [5.41, 5.74) is 5.22. The number of rotatable bonds is 5. The number of nitriles is 1. The van der Waals surface area contributed by atoms with Crippen LogP contribution in [0, 0.1) is 37.9 Å². The molecule has 3 nitrogen and oxygen atoms in total. The lowest BCUT2D eigenvalue weighted by Gasteiger charge is -2.18. The number of carbonyl (C=O) groups is 1. The molecular formula is C22H24FNO2. The first-order valence-corrected chi connectivity index (χ1v) is 8.76. The summed E-state index contributed by atoms with van der Waals surface area (Å²) < 4.78 is 19.7. The highest BCUT2D eigenvalue weighted by atomic mass is 19.1. The largest absolute Gasteiger partial charge is 0.466 e. The zero-order valence-electron chi connectivity index (χ0n) is 15.9. The number of carbonyl (C=O) groups excluding carboxylic acids is 1. The van der Waals surface area contributed by atoms with Crippen LogP contribution in [0.1, 0.15) is 54.0 Å². The van der Waals surface area contributed by atoms with Gasteiger partial charge in [0, 0.05) is 5.56 Å². The predicted octanol–water partition coefficient (Wildman–Crippen LogP) is 5.35. The number of nitrogens with zero attached hydrogens (tertiary/aromatic N) is 1. The van der Waals surface area contributed by atoms with Crippen molar-refractivity contribution in [3.63, 3.8) is 0 Å². The molecule has 4 heteroatoms. The Bertz CT molecular complexity index is 881. The number of aryl methyl sites for hydroxylation is 2. The highest BCUT2D eigenvalue weighted by Gasteiger charge is 2.20. The Morgan fingerprint density at radius 2 is 1.92 bits per heavy atom. The Kier molecular flexibility index (Phi) is 6.15. The second kappa shape index (κ2) is 8.14. The van der Waals surface area contributed by atoms with Crippen molar-refractivity contribution in [3.8, 4) is 17.2 Å². The fraction of sp³-hybridized carbons (Fsp3) is 0.364. The van der Waals surface area contributed by atoms with Crippen molar-refractivity contribution in [2.45, 2.75) is 47.0 Å². The van der Waals surface area contributed by atoms with Gasteiger partial charge in [-0.15, -0.1) is 0 Å². The molecule has 0 N–H and O–H groups in total. The molecule has 0 radical (unpaired) electrons. The molecule has 2 aromatic rings. The number of hydrogen-bond donors (Lipinski definition) is 0. The lowest BCUT2D eigenvalue weighted by Crippen LogP contribution is -2.10. The molecule has 136 valence electrons. The van der Waals surface area contributed by atoms with Crippen LogP contribution in [0.4, 0.5) is 4.39 Å². The Morgan fingerprint density at radius 1 is 1.23 bits per heavy atom. The average Bonchev–Trinajstić information content (AvgIpc) is 2.59. The quantitative estimate of drug-likeness (QED) is 0.681. The van der Waals surface area contributed by atoms with Gasteiger partial charge >= 0.3 is 5.97 Å². The minimum atomic E-state index is -0.341. The molecule has 0 bridgehead atoms. The summed E-state index contributed by atoms with van der Waals surface area (Å²) in [6.45, 7) is 9.52. The molecule has 0 saturated heterocycles. The minimum absolute atomic E-state index is 0.117. The summed E-state index contributed by atoms with van der Waals surface area (Å²) in [5.74, 6) is -0.968. The Hall–Kier alpha value is -2.67. The molecule has 2 aromatic carbocycles. The molecule has 26 heavy (non-hydrogen) atoms. The van der Waals surface area contributed by atoms with Gasteiger partial charge in [0.1, 0.15) is 5.82 Å². The van der Waals surface area contributed by atoms with Gasteiger partial charge in [-0.05, 0) is 79.6 Å². The third kappa shape index (κ3) is 3.94. The summed E-state index contributed by atoms with van der Waals surface area (Å²) in [5, 5.41) is 9.49. The molecule has 0 fully saturated rings. The van der Waals surface area contributed by atoms with Gasteiger partial charge in [0.2, 0.25) is 0 Å². The molecule has 2 rings (SSSR count). The van der Waals surface area contributed by atoms with Gasteiger partial charge in [0.15, 0.2) is 0 Å².